The maximum absolute atomic E-state index is 5.63. The van der Waals surface area contributed by atoms with E-state index in [9.17, 15) is 0 Å². The van der Waals surface area contributed by atoms with Crippen LogP contribution in [0.2, 0.25) is 0 Å². The summed E-state index contributed by atoms with van der Waals surface area (Å²) in [6.45, 7) is 2.88. The zero-order valence-electron chi connectivity index (χ0n) is 14.5. The molecule has 0 unspecified atom stereocenters. The third-order valence-electron chi connectivity index (χ3n) is 4.07. The van der Waals surface area contributed by atoms with Gasteiger partial charge in [-0.15, -0.1) is 0 Å². The minimum atomic E-state index is 0.660. The summed E-state index contributed by atoms with van der Waals surface area (Å²) >= 11 is 1.67. The number of rotatable bonds is 6. The van der Waals surface area contributed by atoms with Gasteiger partial charge < -0.3 is 8.98 Å². The number of aromatic nitrogens is 3. The molecule has 2 aromatic heterocycles. The van der Waals surface area contributed by atoms with E-state index in [1.54, 1.807) is 18.0 Å². The number of hydrogen-bond acceptors (Lipinski definition) is 4. The summed E-state index contributed by atoms with van der Waals surface area (Å²) in [4.78, 5) is 9.07. The van der Waals surface area contributed by atoms with Gasteiger partial charge in [-0.1, -0.05) is 59.8 Å². The lowest BCUT2D eigenvalue weighted by atomic mass is 10.1. The Balaban J connectivity index is 1.42. The molecule has 0 saturated carbocycles. The van der Waals surface area contributed by atoms with Gasteiger partial charge in [0.1, 0.15) is 6.26 Å². The monoisotopic (exact) mass is 361 g/mol. The van der Waals surface area contributed by atoms with Crippen LogP contribution >= 0.6 is 11.8 Å². The molecule has 0 aliphatic heterocycles. The third-order valence-corrected chi connectivity index (χ3v) is 5.11. The molecule has 130 valence electrons. The first kappa shape index (κ1) is 16.7. The van der Waals surface area contributed by atoms with Crippen molar-refractivity contribution in [3.8, 4) is 11.5 Å². The summed E-state index contributed by atoms with van der Waals surface area (Å²) in [5, 5.41) is 0.980. The normalized spacial score (nSPS) is 11.0. The van der Waals surface area contributed by atoms with Gasteiger partial charge in [-0.3, -0.25) is 0 Å². The summed E-state index contributed by atoms with van der Waals surface area (Å²) in [6, 6.07) is 18.6. The molecular weight excluding hydrogens is 342 g/mol. The second kappa shape index (κ2) is 7.62. The van der Waals surface area contributed by atoms with Crippen LogP contribution < -0.4 is 0 Å². The molecule has 0 aliphatic rings. The number of imidazole rings is 1. The lowest BCUT2D eigenvalue weighted by Gasteiger charge is -2.06. The molecule has 2 aromatic carbocycles. The number of aryl methyl sites for hydroxylation is 1. The molecule has 0 radical (unpaired) electrons. The number of thioether (sulfide) groups is 1. The van der Waals surface area contributed by atoms with Gasteiger partial charge >= 0.3 is 0 Å². The zero-order chi connectivity index (χ0) is 17.8. The van der Waals surface area contributed by atoms with Crippen LogP contribution in [-0.2, 0) is 12.3 Å². The molecule has 4 aromatic rings. The minimum Gasteiger partial charge on any atom is -0.444 e. The average molecular weight is 361 g/mol. The number of benzene rings is 2. The average Bonchev–Trinajstić information content (AvgIpc) is 3.31. The van der Waals surface area contributed by atoms with Crippen LogP contribution in [0, 0.1) is 6.92 Å². The highest BCUT2D eigenvalue weighted by Gasteiger charge is 2.09. The van der Waals surface area contributed by atoms with Crippen molar-refractivity contribution in [2.45, 2.75) is 24.4 Å². The second-order valence-electron chi connectivity index (χ2n) is 6.12. The number of oxazole rings is 1. The Labute approximate surface area is 156 Å². The fraction of sp³-hybridized carbons (Fsp3) is 0.143. The van der Waals surface area contributed by atoms with Crippen LogP contribution in [0.15, 0.2) is 82.8 Å². The summed E-state index contributed by atoms with van der Waals surface area (Å²) < 4.78 is 7.79. The molecular formula is C21H19N3OS. The van der Waals surface area contributed by atoms with Crippen LogP contribution in [0.5, 0.6) is 0 Å². The molecule has 0 amide bonds. The van der Waals surface area contributed by atoms with E-state index < -0.39 is 0 Å². The van der Waals surface area contributed by atoms with E-state index in [0.717, 1.165) is 28.7 Å². The molecule has 0 N–H and O–H groups in total. The minimum absolute atomic E-state index is 0.660. The van der Waals surface area contributed by atoms with Crippen LogP contribution in [0.1, 0.15) is 16.8 Å². The van der Waals surface area contributed by atoms with Gasteiger partial charge in [0.25, 0.3) is 0 Å². The van der Waals surface area contributed by atoms with Crippen molar-refractivity contribution in [2.75, 3.05) is 0 Å². The van der Waals surface area contributed by atoms with Gasteiger partial charge in [0.2, 0.25) is 5.89 Å². The largest absolute Gasteiger partial charge is 0.444 e. The standard InChI is InChI=1S/C21H19N3OS/c1-16-7-9-18(10-8-16)20-23-19(14-25-20)15-26-21-22-11-12-24(21)13-17-5-3-2-4-6-17/h2-12,14H,13,15H2,1H3. The Bertz CT molecular complexity index is 974. The highest BCUT2D eigenvalue weighted by atomic mass is 32.2. The van der Waals surface area contributed by atoms with Gasteiger partial charge in [0.15, 0.2) is 5.16 Å². The highest BCUT2D eigenvalue weighted by Crippen LogP contribution is 2.24. The van der Waals surface area contributed by atoms with E-state index in [-0.39, 0.29) is 0 Å². The Hall–Kier alpha value is -2.79. The quantitative estimate of drug-likeness (QED) is 0.444. The third kappa shape index (κ3) is 3.89. The van der Waals surface area contributed by atoms with E-state index in [1.165, 1.54) is 11.1 Å². The van der Waals surface area contributed by atoms with Crippen molar-refractivity contribution < 1.29 is 4.42 Å². The van der Waals surface area contributed by atoms with Crippen molar-refractivity contribution in [1.82, 2.24) is 14.5 Å². The lowest BCUT2D eigenvalue weighted by molar-refractivity contribution is 0.573. The zero-order valence-corrected chi connectivity index (χ0v) is 15.3. The fourth-order valence-electron chi connectivity index (χ4n) is 2.68. The maximum atomic E-state index is 5.63. The molecule has 0 spiro atoms. The van der Waals surface area contributed by atoms with Crippen LogP contribution in [-0.4, -0.2) is 14.5 Å². The van der Waals surface area contributed by atoms with E-state index in [2.05, 4.69) is 57.9 Å². The van der Waals surface area contributed by atoms with E-state index in [1.807, 2.05) is 30.6 Å². The summed E-state index contributed by atoms with van der Waals surface area (Å²) in [5.74, 6) is 1.38. The number of nitrogens with zero attached hydrogens (tertiary/aromatic N) is 3. The second-order valence-corrected chi connectivity index (χ2v) is 7.06. The summed E-state index contributed by atoms with van der Waals surface area (Å²) in [6.07, 6.45) is 5.58. The first-order chi connectivity index (χ1) is 12.8. The van der Waals surface area contributed by atoms with Gasteiger partial charge in [0.05, 0.1) is 5.69 Å². The first-order valence-corrected chi connectivity index (χ1v) is 9.46. The molecule has 2 heterocycles. The SMILES string of the molecule is Cc1ccc(-c2nc(CSc3nccn3Cc3ccccc3)co2)cc1. The molecule has 4 rings (SSSR count). The first-order valence-electron chi connectivity index (χ1n) is 8.47. The highest BCUT2D eigenvalue weighted by molar-refractivity contribution is 7.98. The smallest absolute Gasteiger partial charge is 0.226 e. The van der Waals surface area contributed by atoms with E-state index in [4.69, 9.17) is 4.42 Å². The number of hydrogen-bond donors (Lipinski definition) is 0. The Kier molecular flexibility index (Phi) is 4.88. The van der Waals surface area contributed by atoms with Crippen LogP contribution in [0.25, 0.3) is 11.5 Å². The lowest BCUT2D eigenvalue weighted by Crippen LogP contribution is -2.00. The molecule has 0 aliphatic carbocycles. The summed E-state index contributed by atoms with van der Waals surface area (Å²) in [7, 11) is 0. The topological polar surface area (TPSA) is 43.9 Å². The van der Waals surface area contributed by atoms with Crippen molar-refractivity contribution in [2.24, 2.45) is 0 Å². The Morgan fingerprint density at radius 3 is 2.65 bits per heavy atom. The molecule has 0 bridgehead atoms. The van der Waals surface area contributed by atoms with Gasteiger partial charge in [-0.25, -0.2) is 9.97 Å². The summed E-state index contributed by atoms with van der Waals surface area (Å²) in [5.41, 5.74) is 4.40. The maximum Gasteiger partial charge on any atom is 0.226 e. The van der Waals surface area contributed by atoms with Crippen LogP contribution in [0.4, 0.5) is 0 Å². The van der Waals surface area contributed by atoms with Gasteiger partial charge in [0, 0.05) is 30.3 Å². The Morgan fingerprint density at radius 2 is 1.85 bits per heavy atom. The van der Waals surface area contributed by atoms with Crippen molar-refractivity contribution in [1.29, 1.82) is 0 Å². The van der Waals surface area contributed by atoms with E-state index >= 15 is 0 Å². The van der Waals surface area contributed by atoms with Crippen molar-refractivity contribution in [3.05, 3.63) is 90.1 Å². The van der Waals surface area contributed by atoms with E-state index in [0.29, 0.717) is 5.89 Å². The molecule has 4 nitrogen and oxygen atoms in total. The van der Waals surface area contributed by atoms with Gasteiger partial charge in [-0.05, 0) is 24.6 Å². The van der Waals surface area contributed by atoms with Crippen molar-refractivity contribution >= 4 is 11.8 Å². The fourth-order valence-corrected chi connectivity index (χ4v) is 3.51. The molecule has 5 heteroatoms. The van der Waals surface area contributed by atoms with Gasteiger partial charge in [-0.2, -0.15) is 0 Å². The predicted molar refractivity (Wildman–Crippen MR) is 104 cm³/mol. The Morgan fingerprint density at radius 1 is 1.04 bits per heavy atom. The molecule has 26 heavy (non-hydrogen) atoms. The van der Waals surface area contributed by atoms with Crippen molar-refractivity contribution in [3.63, 3.8) is 0 Å². The van der Waals surface area contributed by atoms with Crippen LogP contribution in [0.3, 0.4) is 0 Å². The molecule has 0 fully saturated rings. The molecule has 0 saturated heterocycles. The predicted octanol–water partition coefficient (Wildman–Crippen LogP) is 5.19. The molecule has 0 atom stereocenters.